The van der Waals surface area contributed by atoms with Gasteiger partial charge in [0, 0.05) is 16.7 Å². The zero-order valence-corrected chi connectivity index (χ0v) is 20.7. The van der Waals surface area contributed by atoms with Crippen molar-refractivity contribution in [1.29, 1.82) is 0 Å². The van der Waals surface area contributed by atoms with E-state index in [0.29, 0.717) is 11.7 Å². The zero-order chi connectivity index (χ0) is 23.4. The third kappa shape index (κ3) is 4.16. The molecule has 1 aliphatic heterocycles. The van der Waals surface area contributed by atoms with E-state index in [1.54, 1.807) is 0 Å². The van der Waals surface area contributed by atoms with Crippen LogP contribution in [0.1, 0.15) is 53.1 Å². The summed E-state index contributed by atoms with van der Waals surface area (Å²) in [5, 5.41) is 4.97. The minimum atomic E-state index is -0.279. The summed E-state index contributed by atoms with van der Waals surface area (Å²) >= 11 is 6.47. The van der Waals surface area contributed by atoms with Gasteiger partial charge in [0.1, 0.15) is 18.1 Å². The van der Waals surface area contributed by atoms with Gasteiger partial charge in [-0.1, -0.05) is 65.3 Å². The van der Waals surface area contributed by atoms with E-state index in [-0.39, 0.29) is 16.6 Å². The minimum absolute atomic E-state index is 0.123. The van der Waals surface area contributed by atoms with E-state index in [2.05, 4.69) is 51.6 Å². The van der Waals surface area contributed by atoms with Crippen LogP contribution in [0.2, 0.25) is 5.02 Å². The summed E-state index contributed by atoms with van der Waals surface area (Å²) < 4.78 is 6.08. The lowest BCUT2D eigenvalue weighted by Crippen LogP contribution is -2.28. The topological polar surface area (TPSA) is 36.2 Å². The monoisotopic (exact) mass is 450 g/mol. The molecule has 2 aliphatic rings. The van der Waals surface area contributed by atoms with Crippen molar-refractivity contribution in [3.05, 3.63) is 81.8 Å². The summed E-state index contributed by atoms with van der Waals surface area (Å²) in [6.45, 7) is 15.2. The third-order valence-electron chi connectivity index (χ3n) is 5.82. The minimum Gasteiger partial charge on any atom is -0.460 e. The van der Waals surface area contributed by atoms with Crippen LogP contribution >= 0.6 is 11.6 Å². The second-order valence-corrected chi connectivity index (χ2v) is 11.0. The Kier molecular flexibility index (Phi) is 5.41. The molecule has 32 heavy (non-hydrogen) atoms. The first-order valence-electron chi connectivity index (χ1n) is 11.0. The van der Waals surface area contributed by atoms with Crippen molar-refractivity contribution in [3.63, 3.8) is 0 Å². The number of anilines is 1. The normalized spacial score (nSPS) is 16.9. The maximum absolute atomic E-state index is 13.4. The second kappa shape index (κ2) is 7.70. The molecule has 168 valence electrons. The molecule has 1 aromatic carbocycles. The van der Waals surface area contributed by atoms with E-state index in [1.165, 1.54) is 0 Å². The van der Waals surface area contributed by atoms with E-state index in [0.717, 1.165) is 39.6 Å². The first kappa shape index (κ1) is 22.5. The number of carbonyl (C=O) groups is 1. The lowest BCUT2D eigenvalue weighted by molar-refractivity contribution is -0.114. The highest BCUT2D eigenvalue weighted by molar-refractivity contribution is 6.33. The SMILES string of the molecule is Cc1ccc(C(=C2C=C(C(C)(C)C)C(=O)C(C(C)(C)C)=C2)N2CN2c2ccccc2Cl)o1. The maximum Gasteiger partial charge on any atom is 0.186 e. The van der Waals surface area contributed by atoms with Crippen LogP contribution in [0.5, 0.6) is 0 Å². The van der Waals surface area contributed by atoms with Crippen LogP contribution in [0, 0.1) is 17.8 Å². The van der Waals surface area contributed by atoms with Crippen LogP contribution in [0.3, 0.4) is 0 Å². The maximum atomic E-state index is 13.4. The third-order valence-corrected chi connectivity index (χ3v) is 6.13. The zero-order valence-electron chi connectivity index (χ0n) is 19.9. The van der Waals surface area contributed by atoms with Gasteiger partial charge in [-0.15, -0.1) is 0 Å². The molecule has 0 amide bonds. The van der Waals surface area contributed by atoms with E-state index < -0.39 is 0 Å². The fourth-order valence-corrected chi connectivity index (χ4v) is 4.25. The number of Topliss-reactive ketones (excluding diaryl/α,β-unsaturated/α-hetero) is 1. The van der Waals surface area contributed by atoms with Crippen LogP contribution in [-0.4, -0.2) is 17.5 Å². The van der Waals surface area contributed by atoms with Crippen molar-refractivity contribution in [2.45, 2.75) is 48.5 Å². The number of furan rings is 1. The fourth-order valence-electron chi connectivity index (χ4n) is 4.02. The van der Waals surface area contributed by atoms with Gasteiger partial charge in [-0.25, -0.2) is 0 Å². The molecule has 1 aliphatic carbocycles. The van der Waals surface area contributed by atoms with Gasteiger partial charge in [-0.2, -0.15) is 0 Å². The standard InChI is InChI=1S/C27H31ClN2O2/c1-17-12-13-23(32-17)24(30-16-29(30)22-11-9-8-10-21(22)28)18-14-19(26(2,3)4)25(31)20(15-18)27(5,6)7/h8-15H,16H2,1-7H3. The number of rotatable bonds is 3. The molecule has 0 N–H and O–H groups in total. The predicted octanol–water partition coefficient (Wildman–Crippen LogP) is 7.17. The number of hydrogen-bond acceptors (Lipinski definition) is 4. The molecule has 1 aromatic heterocycles. The summed E-state index contributed by atoms with van der Waals surface area (Å²) in [4.78, 5) is 13.4. The molecule has 4 rings (SSSR count). The Bertz CT molecular complexity index is 1130. The average molecular weight is 451 g/mol. The molecule has 0 atom stereocenters. The molecule has 0 bridgehead atoms. The fraction of sp³-hybridized carbons (Fsp3) is 0.370. The van der Waals surface area contributed by atoms with Crippen molar-refractivity contribution in [2.24, 2.45) is 10.8 Å². The number of hydrazine groups is 1. The number of ketones is 1. The molecule has 1 saturated heterocycles. The van der Waals surface area contributed by atoms with Crippen LogP contribution < -0.4 is 5.01 Å². The Morgan fingerprint density at radius 3 is 2.03 bits per heavy atom. The lowest BCUT2D eigenvalue weighted by atomic mass is 9.71. The van der Waals surface area contributed by atoms with Crippen molar-refractivity contribution >= 4 is 28.8 Å². The molecule has 0 unspecified atom stereocenters. The Morgan fingerprint density at radius 1 is 0.938 bits per heavy atom. The summed E-state index contributed by atoms with van der Waals surface area (Å²) in [5.74, 6) is 1.74. The molecular weight excluding hydrogens is 420 g/mol. The first-order valence-corrected chi connectivity index (χ1v) is 11.4. The van der Waals surface area contributed by atoms with Gasteiger partial charge in [-0.3, -0.25) is 14.8 Å². The Morgan fingerprint density at radius 2 is 1.53 bits per heavy atom. The highest BCUT2D eigenvalue weighted by Crippen LogP contribution is 2.44. The summed E-state index contributed by atoms with van der Waals surface area (Å²) in [6, 6.07) is 11.8. The molecule has 5 heteroatoms. The van der Waals surface area contributed by atoms with Crippen LogP contribution in [0.4, 0.5) is 5.69 Å². The molecule has 2 aromatic rings. The first-order chi connectivity index (χ1) is 14.9. The molecule has 0 spiro atoms. The van der Waals surface area contributed by atoms with Gasteiger partial charge in [-0.05, 0) is 54.2 Å². The Hall–Kier alpha value is -2.72. The number of benzene rings is 1. The van der Waals surface area contributed by atoms with Crippen LogP contribution in [-0.2, 0) is 4.79 Å². The number of nitrogens with zero attached hydrogens (tertiary/aromatic N) is 2. The van der Waals surface area contributed by atoms with Crippen LogP contribution in [0.25, 0.3) is 5.70 Å². The van der Waals surface area contributed by atoms with Crippen molar-refractivity contribution in [3.8, 4) is 0 Å². The number of halogens is 1. The predicted molar refractivity (Wildman–Crippen MR) is 131 cm³/mol. The Labute approximate surface area is 195 Å². The number of allylic oxidation sites excluding steroid dienone is 5. The summed E-state index contributed by atoms with van der Waals surface area (Å²) in [5.41, 5.74) is 3.93. The van der Waals surface area contributed by atoms with Gasteiger partial charge in [0.2, 0.25) is 0 Å². The molecular formula is C27H31ClN2O2. The second-order valence-electron chi connectivity index (χ2n) is 10.6. The number of para-hydroxylation sites is 1. The lowest BCUT2D eigenvalue weighted by Gasteiger charge is -2.32. The van der Waals surface area contributed by atoms with Gasteiger partial charge in [0.05, 0.1) is 10.7 Å². The molecule has 4 nitrogen and oxygen atoms in total. The number of carbonyl (C=O) groups excluding carboxylic acids is 1. The van der Waals surface area contributed by atoms with Crippen molar-refractivity contribution in [1.82, 2.24) is 5.01 Å². The highest BCUT2D eigenvalue weighted by Gasteiger charge is 2.40. The van der Waals surface area contributed by atoms with Crippen molar-refractivity contribution in [2.75, 3.05) is 11.7 Å². The van der Waals surface area contributed by atoms with E-state index >= 15 is 0 Å². The van der Waals surface area contributed by atoms with Gasteiger partial charge in [0.25, 0.3) is 0 Å². The smallest absolute Gasteiger partial charge is 0.186 e. The summed E-state index contributed by atoms with van der Waals surface area (Å²) in [7, 11) is 0. The molecule has 1 fully saturated rings. The highest BCUT2D eigenvalue weighted by atomic mass is 35.5. The molecule has 0 radical (unpaired) electrons. The number of hydrogen-bond donors (Lipinski definition) is 0. The summed E-state index contributed by atoms with van der Waals surface area (Å²) in [6.07, 6.45) is 4.07. The average Bonchev–Trinajstić information content (AvgIpc) is 3.33. The van der Waals surface area contributed by atoms with Gasteiger partial charge in [0.15, 0.2) is 11.5 Å². The van der Waals surface area contributed by atoms with Gasteiger partial charge >= 0.3 is 0 Å². The number of aryl methyl sites for hydroxylation is 1. The Balaban J connectivity index is 1.92. The molecule has 2 heterocycles. The van der Waals surface area contributed by atoms with E-state index in [4.69, 9.17) is 16.0 Å². The van der Waals surface area contributed by atoms with E-state index in [9.17, 15) is 4.79 Å². The van der Waals surface area contributed by atoms with Crippen molar-refractivity contribution < 1.29 is 9.21 Å². The molecule has 0 saturated carbocycles. The largest absolute Gasteiger partial charge is 0.460 e. The van der Waals surface area contributed by atoms with Crippen LogP contribution in [0.15, 0.2) is 69.7 Å². The quantitative estimate of drug-likeness (QED) is 0.464. The van der Waals surface area contributed by atoms with Gasteiger partial charge < -0.3 is 4.42 Å². The van der Waals surface area contributed by atoms with E-state index in [1.807, 2.05) is 55.5 Å².